The third-order valence-corrected chi connectivity index (χ3v) is 4.19. The molecule has 1 saturated heterocycles. The van der Waals surface area contributed by atoms with Crippen molar-refractivity contribution in [3.8, 4) is 0 Å². The molecule has 2 N–H and O–H groups in total. The first-order valence-corrected chi connectivity index (χ1v) is 8.47. The summed E-state index contributed by atoms with van der Waals surface area (Å²) < 4.78 is 21.3. The highest BCUT2D eigenvalue weighted by Crippen LogP contribution is 2.20. The van der Waals surface area contributed by atoms with Gasteiger partial charge in [0.05, 0.1) is 17.5 Å². The highest BCUT2D eigenvalue weighted by atomic mass is 19.1. The van der Waals surface area contributed by atoms with E-state index >= 15 is 0 Å². The lowest BCUT2D eigenvalue weighted by atomic mass is 10.2. The van der Waals surface area contributed by atoms with Crippen molar-refractivity contribution in [2.75, 3.05) is 23.8 Å². The molecule has 0 aliphatic carbocycles. The molecule has 134 valence electrons. The molecular formula is C18H23FN4O2. The molecule has 1 amide bonds. The van der Waals surface area contributed by atoms with Crippen LogP contribution in [0.1, 0.15) is 24.2 Å². The molecule has 2 heterocycles. The van der Waals surface area contributed by atoms with Gasteiger partial charge in [0.2, 0.25) is 5.91 Å². The van der Waals surface area contributed by atoms with E-state index in [0.717, 1.165) is 30.8 Å². The van der Waals surface area contributed by atoms with Crippen LogP contribution in [0.15, 0.2) is 24.3 Å². The Bertz CT molecular complexity index is 754. The molecule has 1 aliphatic heterocycles. The number of benzene rings is 1. The van der Waals surface area contributed by atoms with Gasteiger partial charge in [0.15, 0.2) is 0 Å². The third-order valence-electron chi connectivity index (χ3n) is 4.19. The Balaban J connectivity index is 1.56. The number of anilines is 2. The van der Waals surface area contributed by atoms with Crippen LogP contribution in [0, 0.1) is 19.7 Å². The lowest BCUT2D eigenvalue weighted by Gasteiger charge is -2.13. The van der Waals surface area contributed by atoms with E-state index in [1.54, 1.807) is 16.8 Å². The van der Waals surface area contributed by atoms with Gasteiger partial charge in [0, 0.05) is 24.5 Å². The molecule has 0 bridgehead atoms. The fraction of sp³-hybridized carbons (Fsp3) is 0.444. The van der Waals surface area contributed by atoms with Crippen LogP contribution in [-0.4, -0.2) is 34.9 Å². The number of hydrogen-bond acceptors (Lipinski definition) is 4. The lowest BCUT2D eigenvalue weighted by molar-refractivity contribution is -0.116. The molecular weight excluding hydrogens is 323 g/mol. The normalized spacial score (nSPS) is 16.8. The van der Waals surface area contributed by atoms with Crippen molar-refractivity contribution in [3.63, 3.8) is 0 Å². The fourth-order valence-electron chi connectivity index (χ4n) is 2.94. The summed E-state index contributed by atoms with van der Waals surface area (Å²) in [6.07, 6.45) is 2.18. The van der Waals surface area contributed by atoms with Crippen LogP contribution in [-0.2, 0) is 16.1 Å². The molecule has 1 aromatic heterocycles. The second-order valence-corrected chi connectivity index (χ2v) is 6.34. The van der Waals surface area contributed by atoms with E-state index in [9.17, 15) is 9.18 Å². The van der Waals surface area contributed by atoms with Gasteiger partial charge in [-0.1, -0.05) is 0 Å². The summed E-state index contributed by atoms with van der Waals surface area (Å²) >= 11 is 0. The van der Waals surface area contributed by atoms with Gasteiger partial charge in [-0.3, -0.25) is 9.48 Å². The monoisotopic (exact) mass is 346 g/mol. The predicted molar refractivity (Wildman–Crippen MR) is 94.2 cm³/mol. The van der Waals surface area contributed by atoms with E-state index in [0.29, 0.717) is 17.9 Å². The van der Waals surface area contributed by atoms with Crippen molar-refractivity contribution >= 4 is 17.3 Å². The van der Waals surface area contributed by atoms with Crippen LogP contribution >= 0.6 is 0 Å². The van der Waals surface area contributed by atoms with Crippen molar-refractivity contribution in [2.45, 2.75) is 39.3 Å². The highest BCUT2D eigenvalue weighted by molar-refractivity contribution is 5.90. The van der Waals surface area contributed by atoms with E-state index in [4.69, 9.17) is 4.74 Å². The van der Waals surface area contributed by atoms with Gasteiger partial charge < -0.3 is 15.4 Å². The predicted octanol–water partition coefficient (Wildman–Crippen LogP) is 2.87. The van der Waals surface area contributed by atoms with Gasteiger partial charge in [-0.15, -0.1) is 0 Å². The van der Waals surface area contributed by atoms with Crippen LogP contribution in [0.25, 0.3) is 0 Å². The number of nitrogens with zero attached hydrogens (tertiary/aromatic N) is 2. The summed E-state index contributed by atoms with van der Waals surface area (Å²) in [5.74, 6) is -0.646. The standard InChI is InChI=1S/C18H23FN4O2/c1-12-8-13(2)23(22-12)11-18(24)21-14-5-6-17(16(19)9-14)20-10-15-4-3-7-25-15/h5-6,8-9,15,20H,3-4,7,10-11H2,1-2H3,(H,21,24). The Morgan fingerprint density at radius 2 is 2.24 bits per heavy atom. The van der Waals surface area contributed by atoms with Gasteiger partial charge in [0.1, 0.15) is 12.4 Å². The number of carbonyl (C=O) groups is 1. The van der Waals surface area contributed by atoms with Crippen LogP contribution in [0.4, 0.5) is 15.8 Å². The minimum absolute atomic E-state index is 0.0975. The SMILES string of the molecule is Cc1cc(C)n(CC(=O)Nc2ccc(NCC3CCCO3)c(F)c2)n1. The molecule has 1 aliphatic rings. The van der Waals surface area contributed by atoms with Crippen molar-refractivity contribution in [2.24, 2.45) is 0 Å². The van der Waals surface area contributed by atoms with Crippen LogP contribution in [0.3, 0.4) is 0 Å². The molecule has 0 saturated carbocycles. The molecule has 7 heteroatoms. The number of rotatable bonds is 6. The quantitative estimate of drug-likeness (QED) is 0.844. The molecule has 6 nitrogen and oxygen atoms in total. The number of aromatic nitrogens is 2. The molecule has 2 aromatic rings. The molecule has 1 fully saturated rings. The summed E-state index contributed by atoms with van der Waals surface area (Å²) in [6, 6.07) is 6.53. The first kappa shape index (κ1) is 17.4. The summed E-state index contributed by atoms with van der Waals surface area (Å²) in [7, 11) is 0. The number of halogens is 1. The first-order valence-electron chi connectivity index (χ1n) is 8.47. The van der Waals surface area contributed by atoms with Crippen molar-refractivity contribution in [1.29, 1.82) is 0 Å². The van der Waals surface area contributed by atoms with Crippen molar-refractivity contribution in [1.82, 2.24) is 9.78 Å². The highest BCUT2D eigenvalue weighted by Gasteiger charge is 2.16. The number of ether oxygens (including phenoxy) is 1. The molecule has 1 atom stereocenters. The molecule has 0 spiro atoms. The number of amides is 1. The zero-order valence-corrected chi connectivity index (χ0v) is 14.5. The van der Waals surface area contributed by atoms with Crippen molar-refractivity contribution < 1.29 is 13.9 Å². The lowest BCUT2D eigenvalue weighted by Crippen LogP contribution is -2.21. The summed E-state index contributed by atoms with van der Waals surface area (Å²) in [6.45, 7) is 5.22. The van der Waals surface area contributed by atoms with Gasteiger partial charge in [0.25, 0.3) is 0 Å². The number of nitrogens with one attached hydrogen (secondary N) is 2. The molecule has 25 heavy (non-hydrogen) atoms. The Kier molecular flexibility index (Phi) is 5.33. The zero-order valence-electron chi connectivity index (χ0n) is 14.5. The Labute approximate surface area is 146 Å². The molecule has 3 rings (SSSR count). The minimum atomic E-state index is -0.401. The van der Waals surface area contributed by atoms with Crippen molar-refractivity contribution in [3.05, 3.63) is 41.5 Å². The first-order chi connectivity index (χ1) is 12.0. The third kappa shape index (κ3) is 4.57. The summed E-state index contributed by atoms with van der Waals surface area (Å²) in [5, 5.41) is 10.0. The number of carbonyl (C=O) groups excluding carboxylic acids is 1. The molecule has 1 aromatic carbocycles. The second-order valence-electron chi connectivity index (χ2n) is 6.34. The van der Waals surface area contributed by atoms with Gasteiger partial charge >= 0.3 is 0 Å². The van der Waals surface area contributed by atoms with Crippen LogP contribution < -0.4 is 10.6 Å². The topological polar surface area (TPSA) is 68.2 Å². The zero-order chi connectivity index (χ0) is 17.8. The maximum Gasteiger partial charge on any atom is 0.246 e. The number of aryl methyl sites for hydroxylation is 2. The Hall–Kier alpha value is -2.41. The molecule has 0 radical (unpaired) electrons. The second kappa shape index (κ2) is 7.65. The van der Waals surface area contributed by atoms with Gasteiger partial charge in [-0.05, 0) is 51.0 Å². The molecule has 1 unspecified atom stereocenters. The van der Waals surface area contributed by atoms with Crippen LogP contribution in [0.2, 0.25) is 0 Å². The van der Waals surface area contributed by atoms with E-state index in [-0.39, 0.29) is 18.6 Å². The van der Waals surface area contributed by atoms with Gasteiger partial charge in [-0.25, -0.2) is 4.39 Å². The maximum absolute atomic E-state index is 14.2. The van der Waals surface area contributed by atoms with E-state index in [2.05, 4.69) is 15.7 Å². The smallest absolute Gasteiger partial charge is 0.246 e. The van der Waals surface area contributed by atoms with E-state index in [1.807, 2.05) is 19.9 Å². The van der Waals surface area contributed by atoms with E-state index in [1.165, 1.54) is 6.07 Å². The maximum atomic E-state index is 14.2. The minimum Gasteiger partial charge on any atom is -0.380 e. The average Bonchev–Trinajstić information content (AvgIpc) is 3.16. The number of hydrogen-bond donors (Lipinski definition) is 2. The summed E-state index contributed by atoms with van der Waals surface area (Å²) in [4.78, 5) is 12.1. The summed E-state index contributed by atoms with van der Waals surface area (Å²) in [5.41, 5.74) is 2.60. The van der Waals surface area contributed by atoms with Crippen LogP contribution in [0.5, 0.6) is 0 Å². The average molecular weight is 346 g/mol. The Morgan fingerprint density at radius 1 is 1.40 bits per heavy atom. The largest absolute Gasteiger partial charge is 0.380 e. The fourth-order valence-corrected chi connectivity index (χ4v) is 2.94. The van der Waals surface area contributed by atoms with Gasteiger partial charge in [-0.2, -0.15) is 5.10 Å². The Morgan fingerprint density at radius 3 is 2.88 bits per heavy atom. The van der Waals surface area contributed by atoms with E-state index < -0.39 is 5.82 Å².